The van der Waals surface area contributed by atoms with Crippen LogP contribution in [0.3, 0.4) is 0 Å². The van der Waals surface area contributed by atoms with Crippen LogP contribution in [-0.4, -0.2) is 10.2 Å². The predicted molar refractivity (Wildman–Crippen MR) is 63.1 cm³/mol. The van der Waals surface area contributed by atoms with Gasteiger partial charge in [0, 0.05) is 11.1 Å². The zero-order valence-corrected chi connectivity index (χ0v) is 10.2. The van der Waals surface area contributed by atoms with E-state index in [4.69, 9.17) is 0 Å². The van der Waals surface area contributed by atoms with Gasteiger partial charge in [-0.25, -0.2) is 0 Å². The van der Waals surface area contributed by atoms with E-state index in [1.807, 2.05) is 0 Å². The first-order valence-corrected chi connectivity index (χ1v) is 6.28. The molecule has 1 N–H and O–H groups in total. The maximum atomic E-state index is 4.55. The first kappa shape index (κ1) is 10.7. The smallest absolute Gasteiger partial charge is 0.0718 e. The lowest BCUT2D eigenvalue weighted by Crippen LogP contribution is -2.22. The number of aryl methyl sites for hydroxylation is 1. The quantitative estimate of drug-likeness (QED) is 0.802. The van der Waals surface area contributed by atoms with Gasteiger partial charge in [-0.15, -0.1) is 0 Å². The van der Waals surface area contributed by atoms with E-state index in [0.29, 0.717) is 5.41 Å². The van der Waals surface area contributed by atoms with Crippen molar-refractivity contribution in [3.8, 4) is 0 Å². The lowest BCUT2D eigenvalue weighted by atomic mass is 9.78. The molecular weight excluding hydrogens is 184 g/mol. The largest absolute Gasteiger partial charge is 0.282 e. The number of aromatic nitrogens is 2. The van der Waals surface area contributed by atoms with E-state index >= 15 is 0 Å². The molecule has 1 heterocycles. The fourth-order valence-corrected chi connectivity index (χ4v) is 2.96. The molecule has 0 radical (unpaired) electrons. The molecule has 2 rings (SSSR count). The van der Waals surface area contributed by atoms with Crippen molar-refractivity contribution in [1.82, 2.24) is 10.2 Å². The number of rotatable bonds is 4. The SMILES string of the molecule is CCCCC1(CC)CCc2c1n[nH]c2C. The second-order valence-electron chi connectivity index (χ2n) is 4.91. The minimum absolute atomic E-state index is 0.399. The standard InChI is InChI=1S/C13H22N2/c1-4-6-8-13(5-2)9-7-11-10(3)14-15-12(11)13/h4-9H2,1-3H3,(H,14,15). The maximum Gasteiger partial charge on any atom is 0.0718 e. The van der Waals surface area contributed by atoms with Gasteiger partial charge in [0.25, 0.3) is 0 Å². The lowest BCUT2D eigenvalue weighted by molar-refractivity contribution is 0.354. The zero-order valence-electron chi connectivity index (χ0n) is 10.2. The Morgan fingerprint density at radius 3 is 2.87 bits per heavy atom. The van der Waals surface area contributed by atoms with E-state index in [0.717, 1.165) is 0 Å². The highest BCUT2D eigenvalue weighted by Gasteiger charge is 2.39. The number of aromatic amines is 1. The molecule has 2 heteroatoms. The van der Waals surface area contributed by atoms with E-state index in [1.165, 1.54) is 55.5 Å². The van der Waals surface area contributed by atoms with Crippen LogP contribution >= 0.6 is 0 Å². The molecule has 0 aromatic carbocycles. The van der Waals surface area contributed by atoms with Gasteiger partial charge < -0.3 is 0 Å². The van der Waals surface area contributed by atoms with Crippen LogP contribution in [0.1, 0.15) is 62.9 Å². The summed E-state index contributed by atoms with van der Waals surface area (Å²) in [5, 5.41) is 7.70. The Labute approximate surface area is 92.5 Å². The predicted octanol–water partition coefficient (Wildman–Crippen LogP) is 3.50. The first-order chi connectivity index (χ1) is 7.23. The molecule has 1 unspecified atom stereocenters. The van der Waals surface area contributed by atoms with E-state index in [1.54, 1.807) is 0 Å². The van der Waals surface area contributed by atoms with Crippen LogP contribution in [0.5, 0.6) is 0 Å². The Bertz CT molecular complexity index is 340. The number of hydrogen-bond acceptors (Lipinski definition) is 1. The van der Waals surface area contributed by atoms with Crippen molar-refractivity contribution in [3.63, 3.8) is 0 Å². The Morgan fingerprint density at radius 2 is 2.20 bits per heavy atom. The monoisotopic (exact) mass is 206 g/mol. The number of H-pyrrole nitrogens is 1. The summed E-state index contributed by atoms with van der Waals surface area (Å²) in [5.41, 5.74) is 4.58. The Hall–Kier alpha value is -0.790. The summed E-state index contributed by atoms with van der Waals surface area (Å²) in [6.45, 7) is 6.74. The molecule has 15 heavy (non-hydrogen) atoms. The first-order valence-electron chi connectivity index (χ1n) is 6.28. The van der Waals surface area contributed by atoms with Crippen LogP contribution in [0.4, 0.5) is 0 Å². The third-order valence-corrected chi connectivity index (χ3v) is 4.12. The number of hydrogen-bond donors (Lipinski definition) is 1. The summed E-state index contributed by atoms with van der Waals surface area (Å²) < 4.78 is 0. The second-order valence-corrected chi connectivity index (χ2v) is 4.91. The second kappa shape index (κ2) is 3.99. The summed E-state index contributed by atoms with van der Waals surface area (Å²) >= 11 is 0. The van der Waals surface area contributed by atoms with Gasteiger partial charge in [0.2, 0.25) is 0 Å². The fourth-order valence-electron chi connectivity index (χ4n) is 2.96. The van der Waals surface area contributed by atoms with Crippen LogP contribution in [0.2, 0.25) is 0 Å². The van der Waals surface area contributed by atoms with Crippen molar-refractivity contribution < 1.29 is 0 Å². The van der Waals surface area contributed by atoms with Gasteiger partial charge in [-0.2, -0.15) is 5.10 Å². The van der Waals surface area contributed by atoms with Crippen molar-refractivity contribution in [2.75, 3.05) is 0 Å². The number of nitrogens with one attached hydrogen (secondary N) is 1. The normalized spacial score (nSPS) is 24.5. The van der Waals surface area contributed by atoms with Gasteiger partial charge in [-0.1, -0.05) is 26.7 Å². The van der Waals surface area contributed by atoms with Crippen molar-refractivity contribution in [2.24, 2.45) is 0 Å². The lowest BCUT2D eigenvalue weighted by Gasteiger charge is -2.26. The van der Waals surface area contributed by atoms with Gasteiger partial charge in [-0.05, 0) is 38.2 Å². The minimum atomic E-state index is 0.399. The highest BCUT2D eigenvalue weighted by atomic mass is 15.1. The van der Waals surface area contributed by atoms with E-state index < -0.39 is 0 Å². The van der Waals surface area contributed by atoms with Gasteiger partial charge >= 0.3 is 0 Å². The summed E-state index contributed by atoms with van der Waals surface area (Å²) in [6.07, 6.45) is 7.73. The molecule has 0 amide bonds. The molecule has 2 nitrogen and oxygen atoms in total. The van der Waals surface area contributed by atoms with Crippen molar-refractivity contribution in [1.29, 1.82) is 0 Å². The van der Waals surface area contributed by atoms with Crippen LogP contribution < -0.4 is 0 Å². The van der Waals surface area contributed by atoms with E-state index in [2.05, 4.69) is 31.0 Å². The molecule has 1 aromatic rings. The highest BCUT2D eigenvalue weighted by Crippen LogP contribution is 2.44. The number of unbranched alkanes of at least 4 members (excludes halogenated alkanes) is 1. The molecule has 1 aromatic heterocycles. The summed E-state index contributed by atoms with van der Waals surface area (Å²) in [4.78, 5) is 0. The molecule has 1 atom stereocenters. The third-order valence-electron chi connectivity index (χ3n) is 4.12. The van der Waals surface area contributed by atoms with Crippen molar-refractivity contribution >= 4 is 0 Å². The molecule has 0 saturated carbocycles. The van der Waals surface area contributed by atoms with Gasteiger partial charge in [-0.3, -0.25) is 5.10 Å². The highest BCUT2D eigenvalue weighted by molar-refractivity contribution is 5.36. The Morgan fingerprint density at radius 1 is 1.40 bits per heavy atom. The van der Waals surface area contributed by atoms with Gasteiger partial charge in [0.1, 0.15) is 0 Å². The zero-order chi connectivity index (χ0) is 10.9. The Kier molecular flexibility index (Phi) is 2.85. The average Bonchev–Trinajstić information content (AvgIpc) is 2.79. The topological polar surface area (TPSA) is 28.7 Å². The molecular formula is C13H22N2. The maximum absolute atomic E-state index is 4.55. The molecule has 0 aliphatic heterocycles. The van der Waals surface area contributed by atoms with Crippen LogP contribution in [0.15, 0.2) is 0 Å². The summed E-state index contributed by atoms with van der Waals surface area (Å²) in [7, 11) is 0. The minimum Gasteiger partial charge on any atom is -0.282 e. The van der Waals surface area contributed by atoms with Crippen LogP contribution in [-0.2, 0) is 11.8 Å². The summed E-state index contributed by atoms with van der Waals surface area (Å²) in [6, 6.07) is 0. The van der Waals surface area contributed by atoms with Gasteiger partial charge in [0.15, 0.2) is 0 Å². The molecule has 84 valence electrons. The summed E-state index contributed by atoms with van der Waals surface area (Å²) in [5.74, 6) is 0. The number of nitrogens with zero attached hydrogens (tertiary/aromatic N) is 1. The molecule has 0 saturated heterocycles. The van der Waals surface area contributed by atoms with E-state index in [9.17, 15) is 0 Å². The van der Waals surface area contributed by atoms with Crippen molar-refractivity contribution in [3.05, 3.63) is 17.0 Å². The molecule has 1 aliphatic carbocycles. The van der Waals surface area contributed by atoms with Gasteiger partial charge in [0.05, 0.1) is 5.69 Å². The molecule has 0 fully saturated rings. The molecule has 1 aliphatic rings. The van der Waals surface area contributed by atoms with Crippen LogP contribution in [0, 0.1) is 6.92 Å². The third kappa shape index (κ3) is 1.60. The molecule has 0 spiro atoms. The number of fused-ring (bicyclic) bond motifs is 1. The van der Waals surface area contributed by atoms with E-state index in [-0.39, 0.29) is 0 Å². The average molecular weight is 206 g/mol. The molecule has 0 bridgehead atoms. The van der Waals surface area contributed by atoms with Crippen molar-refractivity contribution in [2.45, 2.75) is 64.7 Å². The Balaban J connectivity index is 2.28. The fraction of sp³-hybridized carbons (Fsp3) is 0.769. The van der Waals surface area contributed by atoms with Crippen LogP contribution in [0.25, 0.3) is 0 Å².